The van der Waals surface area contributed by atoms with Crippen LogP contribution in [0.4, 0.5) is 9.59 Å². The molecule has 0 aliphatic carbocycles. The number of carbonyl (C=O) groups excluding carboxylic acids is 4. The van der Waals surface area contributed by atoms with Crippen LogP contribution in [0.25, 0.3) is 0 Å². The second-order valence-electron chi connectivity index (χ2n) is 6.87. The minimum Gasteiger partial charge on any atom is -0.437 e. The summed E-state index contributed by atoms with van der Waals surface area (Å²) in [4.78, 5) is 47.1. The molecular weight excluding hydrogens is 460 g/mol. The minimum absolute atomic E-state index is 0.209. The van der Waals surface area contributed by atoms with Gasteiger partial charge in [0.15, 0.2) is 0 Å². The van der Waals surface area contributed by atoms with Crippen molar-refractivity contribution < 1.29 is 47.6 Å². The number of hydrogen-bond acceptors (Lipinski definition) is 10. The molecule has 0 bridgehead atoms. The van der Waals surface area contributed by atoms with E-state index in [1.54, 1.807) is 13.0 Å². The summed E-state index contributed by atoms with van der Waals surface area (Å²) >= 11 is 0. The summed E-state index contributed by atoms with van der Waals surface area (Å²) in [5, 5.41) is 0. The fraction of sp³-hybridized carbons (Fsp3) is 0.120. The van der Waals surface area contributed by atoms with E-state index in [1.165, 1.54) is 74.9 Å². The molecule has 0 aliphatic heterocycles. The van der Waals surface area contributed by atoms with Crippen molar-refractivity contribution in [2.75, 3.05) is 14.2 Å². The molecule has 3 aromatic carbocycles. The highest BCUT2D eigenvalue weighted by molar-refractivity contribution is 5.92. The van der Waals surface area contributed by atoms with Gasteiger partial charge in [0.1, 0.15) is 23.0 Å². The van der Waals surface area contributed by atoms with E-state index in [4.69, 9.17) is 18.9 Å². The molecule has 0 amide bonds. The molecule has 0 atom stereocenters. The van der Waals surface area contributed by atoms with Crippen LogP contribution in [-0.2, 0) is 9.47 Å². The van der Waals surface area contributed by atoms with E-state index in [1.807, 2.05) is 0 Å². The molecule has 180 valence electrons. The first kappa shape index (κ1) is 24.8. The van der Waals surface area contributed by atoms with E-state index in [0.717, 1.165) is 0 Å². The summed E-state index contributed by atoms with van der Waals surface area (Å²) in [5.41, 5.74) is 1.02. The van der Waals surface area contributed by atoms with Gasteiger partial charge in [0.2, 0.25) is 0 Å². The minimum atomic E-state index is -0.874. The Kier molecular flexibility index (Phi) is 8.02. The average molecular weight is 480 g/mol. The third-order valence-electron chi connectivity index (χ3n) is 4.48. The maximum atomic E-state index is 12.4. The standard InChI is InChI=1S/C25H20O10/c1-15-14-20(32-22(26)16-4-8-18(9-5-16)33-24(28)30-2)12-13-21(15)35-23(27)17-6-10-19(11-7-17)34-25(29)31-3/h4-14H,1-3H3. The lowest BCUT2D eigenvalue weighted by atomic mass is 10.2. The van der Waals surface area contributed by atoms with Crippen molar-refractivity contribution in [3.8, 4) is 23.0 Å². The number of esters is 2. The molecule has 35 heavy (non-hydrogen) atoms. The number of aryl methyl sites for hydroxylation is 1. The van der Waals surface area contributed by atoms with Crippen molar-refractivity contribution in [1.82, 2.24) is 0 Å². The zero-order valence-corrected chi connectivity index (χ0v) is 18.9. The van der Waals surface area contributed by atoms with Gasteiger partial charge >= 0.3 is 24.2 Å². The number of methoxy groups -OCH3 is 2. The van der Waals surface area contributed by atoms with Crippen LogP contribution in [0.2, 0.25) is 0 Å². The van der Waals surface area contributed by atoms with Crippen LogP contribution in [-0.4, -0.2) is 38.5 Å². The van der Waals surface area contributed by atoms with Gasteiger partial charge in [-0.05, 0) is 79.2 Å². The van der Waals surface area contributed by atoms with E-state index >= 15 is 0 Å². The second kappa shape index (κ2) is 11.3. The largest absolute Gasteiger partial charge is 0.513 e. The summed E-state index contributed by atoms with van der Waals surface area (Å²) < 4.78 is 29.3. The van der Waals surface area contributed by atoms with E-state index in [2.05, 4.69) is 9.47 Å². The van der Waals surface area contributed by atoms with Crippen LogP contribution in [0, 0.1) is 6.92 Å². The maximum Gasteiger partial charge on any atom is 0.513 e. The van der Waals surface area contributed by atoms with Crippen LogP contribution >= 0.6 is 0 Å². The molecule has 0 heterocycles. The number of rotatable bonds is 6. The van der Waals surface area contributed by atoms with Crippen molar-refractivity contribution in [3.05, 3.63) is 83.4 Å². The van der Waals surface area contributed by atoms with Crippen LogP contribution in [0.1, 0.15) is 26.3 Å². The monoisotopic (exact) mass is 480 g/mol. The van der Waals surface area contributed by atoms with Crippen molar-refractivity contribution in [2.24, 2.45) is 0 Å². The highest BCUT2D eigenvalue weighted by Gasteiger charge is 2.14. The Morgan fingerprint density at radius 2 is 0.971 bits per heavy atom. The van der Waals surface area contributed by atoms with Gasteiger partial charge in [-0.15, -0.1) is 0 Å². The van der Waals surface area contributed by atoms with Crippen LogP contribution < -0.4 is 18.9 Å². The third kappa shape index (κ3) is 6.81. The highest BCUT2D eigenvalue weighted by atomic mass is 16.7. The molecular formula is C25H20O10. The lowest BCUT2D eigenvalue weighted by Crippen LogP contribution is -2.11. The Hall–Kier alpha value is -4.86. The third-order valence-corrected chi connectivity index (χ3v) is 4.48. The Morgan fingerprint density at radius 1 is 0.543 bits per heavy atom. The average Bonchev–Trinajstić information content (AvgIpc) is 2.86. The van der Waals surface area contributed by atoms with E-state index in [-0.39, 0.29) is 34.1 Å². The molecule has 0 N–H and O–H groups in total. The summed E-state index contributed by atoms with van der Waals surface area (Å²) in [6, 6.07) is 16.0. The SMILES string of the molecule is COC(=O)Oc1ccc(C(=O)Oc2ccc(OC(=O)c3ccc(OC(=O)OC)cc3)c(C)c2)cc1. The van der Waals surface area contributed by atoms with Gasteiger partial charge in [0.05, 0.1) is 25.3 Å². The van der Waals surface area contributed by atoms with Crippen molar-refractivity contribution >= 4 is 24.2 Å². The lowest BCUT2D eigenvalue weighted by molar-refractivity contribution is 0.0718. The molecule has 0 radical (unpaired) electrons. The first-order valence-electron chi connectivity index (χ1n) is 10.1. The van der Waals surface area contributed by atoms with Crippen molar-refractivity contribution in [1.29, 1.82) is 0 Å². The quantitative estimate of drug-likeness (QED) is 0.278. The van der Waals surface area contributed by atoms with Crippen molar-refractivity contribution in [3.63, 3.8) is 0 Å². The highest BCUT2D eigenvalue weighted by Crippen LogP contribution is 2.25. The molecule has 0 aliphatic rings. The lowest BCUT2D eigenvalue weighted by Gasteiger charge is -2.10. The topological polar surface area (TPSA) is 124 Å². The molecule has 10 nitrogen and oxygen atoms in total. The first-order valence-corrected chi connectivity index (χ1v) is 10.1. The fourth-order valence-corrected chi connectivity index (χ4v) is 2.72. The van der Waals surface area contributed by atoms with Crippen LogP contribution in [0.3, 0.4) is 0 Å². The molecule has 0 spiro atoms. The number of benzene rings is 3. The molecule has 10 heteroatoms. The molecule has 0 saturated heterocycles. The zero-order valence-electron chi connectivity index (χ0n) is 18.9. The van der Waals surface area contributed by atoms with Gasteiger partial charge in [-0.3, -0.25) is 0 Å². The summed E-state index contributed by atoms with van der Waals surface area (Å²) in [6.45, 7) is 1.69. The van der Waals surface area contributed by atoms with Gasteiger partial charge in [-0.2, -0.15) is 0 Å². The molecule has 0 fully saturated rings. The van der Waals surface area contributed by atoms with Gasteiger partial charge in [-0.25, -0.2) is 19.2 Å². The fourth-order valence-electron chi connectivity index (χ4n) is 2.72. The summed E-state index contributed by atoms with van der Waals surface area (Å²) in [6.07, 6.45) is -1.75. The first-order chi connectivity index (χ1) is 16.8. The number of carbonyl (C=O) groups is 4. The molecule has 0 unspecified atom stereocenters. The second-order valence-corrected chi connectivity index (χ2v) is 6.87. The van der Waals surface area contributed by atoms with Gasteiger partial charge < -0.3 is 28.4 Å². The van der Waals surface area contributed by atoms with Crippen LogP contribution in [0.5, 0.6) is 23.0 Å². The van der Waals surface area contributed by atoms with Crippen molar-refractivity contribution in [2.45, 2.75) is 6.92 Å². The van der Waals surface area contributed by atoms with E-state index < -0.39 is 24.2 Å². The Bertz CT molecular complexity index is 1230. The summed E-state index contributed by atoms with van der Waals surface area (Å²) in [5.74, 6) is -0.326. The zero-order chi connectivity index (χ0) is 25.4. The Labute approximate surface area is 199 Å². The molecule has 0 aromatic heterocycles. The molecule has 3 aromatic rings. The van der Waals surface area contributed by atoms with Gasteiger partial charge in [0.25, 0.3) is 0 Å². The van der Waals surface area contributed by atoms with Gasteiger partial charge in [0, 0.05) is 0 Å². The predicted molar refractivity (Wildman–Crippen MR) is 120 cm³/mol. The normalized spacial score (nSPS) is 10.0. The van der Waals surface area contributed by atoms with Gasteiger partial charge in [-0.1, -0.05) is 0 Å². The Balaban J connectivity index is 1.61. The number of hydrogen-bond donors (Lipinski definition) is 0. The molecule has 3 rings (SSSR count). The number of ether oxygens (including phenoxy) is 6. The maximum absolute atomic E-state index is 12.4. The van der Waals surface area contributed by atoms with Crippen LogP contribution in [0.15, 0.2) is 66.7 Å². The van der Waals surface area contributed by atoms with E-state index in [0.29, 0.717) is 5.56 Å². The predicted octanol–water partition coefficient (Wildman–Crippen LogP) is 4.72. The smallest absolute Gasteiger partial charge is 0.437 e. The molecule has 0 saturated carbocycles. The summed E-state index contributed by atoms with van der Waals surface area (Å²) in [7, 11) is 2.37. The Morgan fingerprint density at radius 3 is 1.40 bits per heavy atom. The van der Waals surface area contributed by atoms with E-state index in [9.17, 15) is 19.2 Å².